The van der Waals surface area contributed by atoms with E-state index in [1.807, 2.05) is 13.8 Å². The van der Waals surface area contributed by atoms with Gasteiger partial charge in [0.15, 0.2) is 0 Å². The van der Waals surface area contributed by atoms with Crippen LogP contribution >= 0.6 is 11.8 Å². The van der Waals surface area contributed by atoms with Crippen LogP contribution in [0.4, 0.5) is 8.78 Å². The van der Waals surface area contributed by atoms with Crippen molar-refractivity contribution in [1.29, 1.82) is 0 Å². The molecule has 0 fully saturated rings. The molecule has 98 valence electrons. The summed E-state index contributed by atoms with van der Waals surface area (Å²) in [6, 6.07) is 6.33. The minimum absolute atomic E-state index is 0.160. The van der Waals surface area contributed by atoms with Crippen LogP contribution in [0.5, 0.6) is 0 Å². The molecule has 0 N–H and O–H groups in total. The van der Waals surface area contributed by atoms with Gasteiger partial charge in [0.2, 0.25) is 0 Å². The smallest absolute Gasteiger partial charge is 0.141 e. The maximum absolute atomic E-state index is 14.6. The Morgan fingerprint density at radius 1 is 1.39 bits per heavy atom. The largest absolute Gasteiger partial charge is 0.269 e. The van der Waals surface area contributed by atoms with Crippen molar-refractivity contribution in [3.8, 4) is 0 Å². The lowest BCUT2D eigenvalue weighted by atomic mass is 9.85. The van der Waals surface area contributed by atoms with Crippen molar-refractivity contribution in [2.24, 2.45) is 4.99 Å². The minimum atomic E-state index is -1.17. The van der Waals surface area contributed by atoms with Crippen LogP contribution in [0.2, 0.25) is 0 Å². The first-order valence-corrected chi connectivity index (χ1v) is 6.99. The second kappa shape index (κ2) is 5.00. The average Bonchev–Trinajstić information content (AvgIpc) is 2.34. The molecule has 0 unspecified atom stereocenters. The fraction of sp³-hybridized carbons (Fsp3) is 0.500. The van der Waals surface area contributed by atoms with Crippen LogP contribution in [0, 0.1) is 5.82 Å². The Morgan fingerprint density at radius 3 is 2.67 bits per heavy atom. The van der Waals surface area contributed by atoms with Crippen molar-refractivity contribution < 1.29 is 8.78 Å². The van der Waals surface area contributed by atoms with E-state index in [1.165, 1.54) is 17.8 Å². The molecule has 1 aliphatic rings. The summed E-state index contributed by atoms with van der Waals surface area (Å²) < 4.78 is 28.5. The van der Waals surface area contributed by atoms with Gasteiger partial charge in [0.25, 0.3) is 0 Å². The lowest BCUT2D eigenvalue weighted by Crippen LogP contribution is -2.43. The van der Waals surface area contributed by atoms with Crippen molar-refractivity contribution >= 4 is 16.8 Å². The Labute approximate surface area is 111 Å². The molecule has 0 amide bonds. The van der Waals surface area contributed by atoms with Gasteiger partial charge in [-0.2, -0.15) is 0 Å². The highest BCUT2D eigenvalue weighted by Crippen LogP contribution is 2.43. The SMILES string of the molecule is CC[C@H]1SC(C)=N[C@](C)(c2ccccc2F)[C@H]1F. The Balaban J connectivity index is 2.52. The Hall–Kier alpha value is -0.900. The van der Waals surface area contributed by atoms with E-state index in [4.69, 9.17) is 0 Å². The molecule has 18 heavy (non-hydrogen) atoms. The van der Waals surface area contributed by atoms with Crippen LogP contribution in [0.3, 0.4) is 0 Å². The zero-order valence-corrected chi connectivity index (χ0v) is 11.6. The molecule has 0 aromatic heterocycles. The Bertz CT molecular complexity index is 475. The van der Waals surface area contributed by atoms with Gasteiger partial charge in [0.05, 0.1) is 5.04 Å². The first-order valence-electron chi connectivity index (χ1n) is 6.11. The molecular weight excluding hydrogens is 252 g/mol. The fourth-order valence-corrected chi connectivity index (χ4v) is 3.66. The molecule has 1 aliphatic heterocycles. The van der Waals surface area contributed by atoms with E-state index in [-0.39, 0.29) is 11.1 Å². The monoisotopic (exact) mass is 269 g/mol. The molecule has 4 heteroatoms. The Morgan fingerprint density at radius 2 is 2.06 bits per heavy atom. The number of halogens is 2. The van der Waals surface area contributed by atoms with Gasteiger partial charge in [-0.25, -0.2) is 8.78 Å². The van der Waals surface area contributed by atoms with Crippen LogP contribution in [0.25, 0.3) is 0 Å². The number of rotatable bonds is 2. The maximum Gasteiger partial charge on any atom is 0.141 e. The van der Waals surface area contributed by atoms with Crippen molar-refractivity contribution in [3.63, 3.8) is 0 Å². The summed E-state index contributed by atoms with van der Waals surface area (Å²) >= 11 is 1.45. The lowest BCUT2D eigenvalue weighted by molar-refractivity contribution is 0.193. The predicted octanol–water partition coefficient (Wildman–Crippen LogP) is 4.32. The molecule has 1 aromatic carbocycles. The van der Waals surface area contributed by atoms with Crippen molar-refractivity contribution in [1.82, 2.24) is 0 Å². The molecule has 0 bridgehead atoms. The number of hydrogen-bond acceptors (Lipinski definition) is 2. The molecule has 0 saturated carbocycles. The van der Waals surface area contributed by atoms with Gasteiger partial charge < -0.3 is 0 Å². The quantitative estimate of drug-likeness (QED) is 0.778. The van der Waals surface area contributed by atoms with E-state index in [9.17, 15) is 8.78 Å². The molecule has 0 radical (unpaired) electrons. The number of hydrogen-bond donors (Lipinski definition) is 0. The van der Waals surface area contributed by atoms with E-state index in [0.29, 0.717) is 12.0 Å². The van der Waals surface area contributed by atoms with E-state index < -0.39 is 11.7 Å². The van der Waals surface area contributed by atoms with Crippen molar-refractivity contribution in [2.75, 3.05) is 0 Å². The van der Waals surface area contributed by atoms with Gasteiger partial charge in [-0.3, -0.25) is 4.99 Å². The third-order valence-corrected chi connectivity index (χ3v) is 4.70. The zero-order valence-electron chi connectivity index (χ0n) is 10.8. The minimum Gasteiger partial charge on any atom is -0.269 e. The van der Waals surface area contributed by atoms with E-state index in [0.717, 1.165) is 5.04 Å². The number of benzene rings is 1. The first kappa shape index (κ1) is 13.5. The third-order valence-electron chi connectivity index (χ3n) is 3.40. The van der Waals surface area contributed by atoms with E-state index in [1.54, 1.807) is 25.1 Å². The number of nitrogens with zero attached hydrogens (tertiary/aromatic N) is 1. The van der Waals surface area contributed by atoms with Crippen LogP contribution < -0.4 is 0 Å². The molecule has 1 aromatic rings. The molecule has 2 rings (SSSR count). The summed E-state index contributed by atoms with van der Waals surface area (Å²) in [5, 5.41) is 0.661. The van der Waals surface area contributed by atoms with Gasteiger partial charge in [0, 0.05) is 10.8 Å². The average molecular weight is 269 g/mol. The fourth-order valence-electron chi connectivity index (χ4n) is 2.43. The first-order chi connectivity index (χ1) is 8.49. The van der Waals surface area contributed by atoms with Crippen molar-refractivity contribution in [2.45, 2.75) is 44.2 Å². The summed E-state index contributed by atoms with van der Waals surface area (Å²) in [4.78, 5) is 4.39. The summed E-state index contributed by atoms with van der Waals surface area (Å²) in [7, 11) is 0. The molecular formula is C14H17F2NS. The standard InChI is InChI=1S/C14H17F2NS/c1-4-12-13(16)14(3,17-9(2)18-12)10-7-5-6-8-11(10)15/h5-8,12-13H,4H2,1-3H3/t12-,13+,14-/m1/s1. The highest BCUT2D eigenvalue weighted by molar-refractivity contribution is 8.14. The molecule has 1 nitrogen and oxygen atoms in total. The molecule has 1 heterocycles. The third kappa shape index (κ3) is 2.18. The number of aliphatic imine (C=N–C) groups is 1. The normalized spacial score (nSPS) is 32.2. The topological polar surface area (TPSA) is 12.4 Å². The second-order valence-corrected chi connectivity index (χ2v) is 6.16. The molecule has 0 spiro atoms. The second-order valence-electron chi connectivity index (χ2n) is 4.72. The summed E-state index contributed by atoms with van der Waals surface area (Å²) in [6.07, 6.45) is -0.462. The zero-order chi connectivity index (χ0) is 13.3. The molecule has 0 aliphatic carbocycles. The maximum atomic E-state index is 14.6. The van der Waals surface area contributed by atoms with E-state index in [2.05, 4.69) is 4.99 Å². The van der Waals surface area contributed by atoms with Gasteiger partial charge in [-0.05, 0) is 26.3 Å². The van der Waals surface area contributed by atoms with Gasteiger partial charge in [-0.15, -0.1) is 11.8 Å². The highest BCUT2D eigenvalue weighted by atomic mass is 32.2. The highest BCUT2D eigenvalue weighted by Gasteiger charge is 2.45. The van der Waals surface area contributed by atoms with Gasteiger partial charge >= 0.3 is 0 Å². The van der Waals surface area contributed by atoms with Gasteiger partial charge in [0.1, 0.15) is 17.5 Å². The van der Waals surface area contributed by atoms with Crippen molar-refractivity contribution in [3.05, 3.63) is 35.6 Å². The summed E-state index contributed by atoms with van der Waals surface area (Å²) in [5.41, 5.74) is -0.767. The van der Waals surface area contributed by atoms with Crippen LogP contribution in [0.15, 0.2) is 29.3 Å². The van der Waals surface area contributed by atoms with E-state index >= 15 is 0 Å². The summed E-state index contributed by atoms with van der Waals surface area (Å²) in [5.74, 6) is -0.388. The predicted molar refractivity (Wildman–Crippen MR) is 73.4 cm³/mol. The molecule has 3 atom stereocenters. The summed E-state index contributed by atoms with van der Waals surface area (Å²) in [6.45, 7) is 5.49. The van der Waals surface area contributed by atoms with Crippen LogP contribution in [-0.2, 0) is 5.54 Å². The van der Waals surface area contributed by atoms with Gasteiger partial charge in [-0.1, -0.05) is 25.1 Å². The molecule has 0 saturated heterocycles. The van der Waals surface area contributed by atoms with Crippen LogP contribution in [0.1, 0.15) is 32.8 Å². The van der Waals surface area contributed by atoms with Crippen LogP contribution in [-0.4, -0.2) is 16.5 Å². The number of thioether (sulfide) groups is 1. The number of alkyl halides is 1. The Kier molecular flexibility index (Phi) is 3.76. The lowest BCUT2D eigenvalue weighted by Gasteiger charge is -2.38.